The fourth-order valence-electron chi connectivity index (χ4n) is 2.32. The Kier molecular flexibility index (Phi) is 5.22. The SMILES string of the molecule is COc1ccc(C(=O)Nc2cccc(/C=C/c3ccccn3)c2)cc1. The smallest absolute Gasteiger partial charge is 0.255 e. The molecule has 2 aromatic carbocycles. The zero-order chi connectivity index (χ0) is 17.5. The number of methoxy groups -OCH3 is 1. The Bertz CT molecular complexity index is 872. The van der Waals surface area contributed by atoms with Crippen LogP contribution in [0.2, 0.25) is 0 Å². The predicted octanol–water partition coefficient (Wildman–Crippen LogP) is 4.51. The van der Waals surface area contributed by atoms with Gasteiger partial charge in [0.2, 0.25) is 0 Å². The van der Waals surface area contributed by atoms with Crippen molar-refractivity contribution in [1.82, 2.24) is 4.98 Å². The maximum atomic E-state index is 12.3. The number of benzene rings is 2. The summed E-state index contributed by atoms with van der Waals surface area (Å²) in [6.45, 7) is 0. The molecule has 0 aliphatic carbocycles. The van der Waals surface area contributed by atoms with E-state index in [4.69, 9.17) is 4.74 Å². The number of nitrogens with one attached hydrogen (secondary N) is 1. The average Bonchev–Trinajstić information content (AvgIpc) is 2.67. The molecule has 25 heavy (non-hydrogen) atoms. The van der Waals surface area contributed by atoms with Crippen molar-refractivity contribution in [3.8, 4) is 5.75 Å². The molecule has 1 N–H and O–H groups in total. The number of hydrogen-bond acceptors (Lipinski definition) is 3. The van der Waals surface area contributed by atoms with Crippen LogP contribution in [0.1, 0.15) is 21.6 Å². The molecule has 4 nitrogen and oxygen atoms in total. The monoisotopic (exact) mass is 330 g/mol. The van der Waals surface area contributed by atoms with Crippen molar-refractivity contribution in [2.24, 2.45) is 0 Å². The summed E-state index contributed by atoms with van der Waals surface area (Å²) in [5.74, 6) is 0.562. The fraction of sp³-hybridized carbons (Fsp3) is 0.0476. The van der Waals surface area contributed by atoms with Gasteiger partial charge in [-0.25, -0.2) is 0 Å². The highest BCUT2D eigenvalue weighted by Gasteiger charge is 2.06. The van der Waals surface area contributed by atoms with E-state index in [2.05, 4.69) is 10.3 Å². The topological polar surface area (TPSA) is 51.2 Å². The van der Waals surface area contributed by atoms with Gasteiger partial charge >= 0.3 is 0 Å². The lowest BCUT2D eigenvalue weighted by atomic mass is 10.1. The molecule has 1 heterocycles. The normalized spacial score (nSPS) is 10.6. The van der Waals surface area contributed by atoms with E-state index in [0.717, 1.165) is 22.7 Å². The molecule has 0 saturated heterocycles. The van der Waals surface area contributed by atoms with Crippen LogP contribution in [-0.2, 0) is 0 Å². The van der Waals surface area contributed by atoms with E-state index in [-0.39, 0.29) is 5.91 Å². The third-order valence-corrected chi connectivity index (χ3v) is 3.63. The van der Waals surface area contributed by atoms with Crippen molar-refractivity contribution < 1.29 is 9.53 Å². The van der Waals surface area contributed by atoms with Crippen molar-refractivity contribution >= 4 is 23.7 Å². The van der Waals surface area contributed by atoms with Crippen molar-refractivity contribution in [2.75, 3.05) is 12.4 Å². The molecule has 3 aromatic rings. The third-order valence-electron chi connectivity index (χ3n) is 3.63. The summed E-state index contributed by atoms with van der Waals surface area (Å²) in [4.78, 5) is 16.6. The summed E-state index contributed by atoms with van der Waals surface area (Å²) < 4.78 is 5.10. The van der Waals surface area contributed by atoms with Gasteiger partial charge in [0.05, 0.1) is 12.8 Å². The summed E-state index contributed by atoms with van der Waals surface area (Å²) in [5.41, 5.74) is 3.19. The van der Waals surface area contributed by atoms with E-state index in [9.17, 15) is 4.79 Å². The molecule has 1 amide bonds. The zero-order valence-electron chi connectivity index (χ0n) is 13.8. The minimum Gasteiger partial charge on any atom is -0.497 e. The van der Waals surface area contributed by atoms with E-state index in [0.29, 0.717) is 5.56 Å². The molecule has 124 valence electrons. The average molecular weight is 330 g/mol. The maximum Gasteiger partial charge on any atom is 0.255 e. The van der Waals surface area contributed by atoms with Crippen LogP contribution in [0.3, 0.4) is 0 Å². The lowest BCUT2D eigenvalue weighted by molar-refractivity contribution is 0.102. The minimum atomic E-state index is -0.159. The van der Waals surface area contributed by atoms with Crippen LogP contribution >= 0.6 is 0 Å². The molecule has 3 rings (SSSR count). The first-order valence-corrected chi connectivity index (χ1v) is 7.89. The van der Waals surface area contributed by atoms with Gasteiger partial charge < -0.3 is 10.1 Å². The number of carbonyl (C=O) groups excluding carboxylic acids is 1. The number of anilines is 1. The molecule has 0 spiro atoms. The van der Waals surface area contributed by atoms with Gasteiger partial charge in [-0.1, -0.05) is 24.3 Å². The first-order valence-electron chi connectivity index (χ1n) is 7.89. The Morgan fingerprint density at radius 1 is 1.00 bits per heavy atom. The van der Waals surface area contributed by atoms with Gasteiger partial charge in [-0.2, -0.15) is 0 Å². The molecule has 0 aliphatic rings. The Morgan fingerprint density at radius 3 is 2.56 bits per heavy atom. The van der Waals surface area contributed by atoms with Gasteiger partial charge in [0.1, 0.15) is 5.75 Å². The standard InChI is InChI=1S/C21H18N2O2/c1-25-20-12-9-17(10-13-20)21(24)23-19-7-4-5-16(15-19)8-11-18-6-2-3-14-22-18/h2-15H,1H3,(H,23,24)/b11-8+. The highest BCUT2D eigenvalue weighted by atomic mass is 16.5. The molecule has 0 unspecified atom stereocenters. The van der Waals surface area contributed by atoms with E-state index in [1.807, 2.05) is 54.6 Å². The van der Waals surface area contributed by atoms with Crippen LogP contribution < -0.4 is 10.1 Å². The molecule has 4 heteroatoms. The third kappa shape index (κ3) is 4.54. The highest BCUT2D eigenvalue weighted by Crippen LogP contribution is 2.16. The number of rotatable bonds is 5. The molecular formula is C21H18N2O2. The Hall–Kier alpha value is -3.40. The van der Waals surface area contributed by atoms with Gasteiger partial charge in [-0.05, 0) is 60.2 Å². The fourth-order valence-corrected chi connectivity index (χ4v) is 2.32. The first-order chi connectivity index (χ1) is 12.2. The van der Waals surface area contributed by atoms with Crippen molar-refractivity contribution in [3.63, 3.8) is 0 Å². The number of aromatic nitrogens is 1. The van der Waals surface area contributed by atoms with Crippen LogP contribution in [0.15, 0.2) is 72.9 Å². The quantitative estimate of drug-likeness (QED) is 0.748. The van der Waals surface area contributed by atoms with Gasteiger partial charge in [-0.15, -0.1) is 0 Å². The summed E-state index contributed by atoms with van der Waals surface area (Å²) >= 11 is 0. The maximum absolute atomic E-state index is 12.3. The van der Waals surface area contributed by atoms with Crippen LogP contribution in [-0.4, -0.2) is 18.0 Å². The lowest BCUT2D eigenvalue weighted by Gasteiger charge is -2.07. The summed E-state index contributed by atoms with van der Waals surface area (Å²) in [6, 6.07) is 20.4. The van der Waals surface area contributed by atoms with Crippen LogP contribution in [0.4, 0.5) is 5.69 Å². The molecular weight excluding hydrogens is 312 g/mol. The van der Waals surface area contributed by atoms with E-state index in [1.54, 1.807) is 37.6 Å². The Morgan fingerprint density at radius 2 is 1.84 bits per heavy atom. The predicted molar refractivity (Wildman–Crippen MR) is 101 cm³/mol. The molecule has 0 radical (unpaired) electrons. The van der Waals surface area contributed by atoms with Gasteiger partial charge in [0, 0.05) is 17.4 Å². The van der Waals surface area contributed by atoms with E-state index in [1.165, 1.54) is 0 Å². The van der Waals surface area contributed by atoms with Crippen LogP contribution in [0.25, 0.3) is 12.2 Å². The summed E-state index contributed by atoms with van der Waals surface area (Å²) in [5, 5.41) is 2.90. The number of hydrogen-bond donors (Lipinski definition) is 1. The largest absolute Gasteiger partial charge is 0.497 e. The van der Waals surface area contributed by atoms with Crippen LogP contribution in [0, 0.1) is 0 Å². The van der Waals surface area contributed by atoms with Gasteiger partial charge in [-0.3, -0.25) is 9.78 Å². The number of nitrogens with zero attached hydrogens (tertiary/aromatic N) is 1. The van der Waals surface area contributed by atoms with Crippen LogP contribution in [0.5, 0.6) is 5.75 Å². The molecule has 0 aliphatic heterocycles. The Balaban J connectivity index is 1.70. The molecule has 0 atom stereocenters. The van der Waals surface area contributed by atoms with E-state index < -0.39 is 0 Å². The summed E-state index contributed by atoms with van der Waals surface area (Å²) in [6.07, 6.45) is 5.65. The number of carbonyl (C=O) groups is 1. The second-order valence-corrected chi connectivity index (χ2v) is 5.40. The van der Waals surface area contributed by atoms with Crippen molar-refractivity contribution in [2.45, 2.75) is 0 Å². The highest BCUT2D eigenvalue weighted by molar-refractivity contribution is 6.04. The number of amides is 1. The minimum absolute atomic E-state index is 0.159. The van der Waals surface area contributed by atoms with E-state index >= 15 is 0 Å². The second-order valence-electron chi connectivity index (χ2n) is 5.40. The van der Waals surface area contributed by atoms with Gasteiger partial charge in [0.25, 0.3) is 5.91 Å². The number of ether oxygens (including phenoxy) is 1. The molecule has 0 fully saturated rings. The summed E-state index contributed by atoms with van der Waals surface area (Å²) in [7, 11) is 1.60. The van der Waals surface area contributed by atoms with Crippen molar-refractivity contribution in [1.29, 1.82) is 0 Å². The molecule has 0 saturated carbocycles. The van der Waals surface area contributed by atoms with Gasteiger partial charge in [0.15, 0.2) is 0 Å². The Labute approximate surface area is 146 Å². The molecule has 0 bridgehead atoms. The van der Waals surface area contributed by atoms with Crippen molar-refractivity contribution in [3.05, 3.63) is 89.7 Å². The molecule has 1 aromatic heterocycles. The first kappa shape index (κ1) is 16.5. The second kappa shape index (κ2) is 7.93. The zero-order valence-corrected chi connectivity index (χ0v) is 13.8. The number of pyridine rings is 1. The lowest BCUT2D eigenvalue weighted by Crippen LogP contribution is -2.11.